The van der Waals surface area contributed by atoms with Crippen molar-refractivity contribution in [1.29, 1.82) is 0 Å². The molecular weight excluding hydrogens is 297 g/mol. The Morgan fingerprint density at radius 2 is 1.96 bits per heavy atom. The molecule has 0 saturated heterocycles. The predicted octanol–water partition coefficient (Wildman–Crippen LogP) is 3.63. The first-order chi connectivity index (χ1) is 11.0. The minimum Gasteiger partial charge on any atom is -0.344 e. The largest absolute Gasteiger partial charge is 0.344 e. The molecule has 1 atom stereocenters. The van der Waals surface area contributed by atoms with Gasteiger partial charge >= 0.3 is 0 Å². The Labute approximate surface area is 134 Å². The van der Waals surface area contributed by atoms with Gasteiger partial charge in [-0.2, -0.15) is 4.98 Å². The second-order valence-electron chi connectivity index (χ2n) is 6.43. The summed E-state index contributed by atoms with van der Waals surface area (Å²) in [5.74, 6) is 0.444. The van der Waals surface area contributed by atoms with Crippen LogP contribution >= 0.6 is 0 Å². The lowest BCUT2D eigenvalue weighted by Crippen LogP contribution is -2.38. The first-order valence-electron chi connectivity index (χ1n) is 7.88. The van der Waals surface area contributed by atoms with Gasteiger partial charge in [-0.15, -0.1) is 0 Å². The van der Waals surface area contributed by atoms with Crippen LogP contribution in [0.4, 0.5) is 4.39 Å². The summed E-state index contributed by atoms with van der Waals surface area (Å²) >= 11 is 0. The van der Waals surface area contributed by atoms with Crippen LogP contribution in [0.5, 0.6) is 0 Å². The molecule has 0 bridgehead atoms. The van der Waals surface area contributed by atoms with Gasteiger partial charge in [-0.25, -0.2) is 4.39 Å². The lowest BCUT2D eigenvalue weighted by molar-refractivity contribution is -0.130. The normalized spacial score (nSPS) is 17.9. The molecule has 0 unspecified atom stereocenters. The lowest BCUT2D eigenvalue weighted by atomic mass is 9.87. The Morgan fingerprint density at radius 3 is 2.61 bits per heavy atom. The van der Waals surface area contributed by atoms with E-state index in [0.29, 0.717) is 17.3 Å². The molecular formula is C17H20FN3O2. The van der Waals surface area contributed by atoms with Crippen molar-refractivity contribution in [1.82, 2.24) is 15.5 Å². The van der Waals surface area contributed by atoms with Gasteiger partial charge in [0.05, 0.1) is 0 Å². The van der Waals surface area contributed by atoms with Gasteiger partial charge in [0.2, 0.25) is 17.6 Å². The number of carbonyl (C=O) groups is 1. The summed E-state index contributed by atoms with van der Waals surface area (Å²) < 4.78 is 18.2. The minimum atomic E-state index is -0.360. The number of benzene rings is 1. The first kappa shape index (κ1) is 15.6. The number of hydrogen-bond donors (Lipinski definition) is 1. The molecule has 0 spiro atoms. The zero-order chi connectivity index (χ0) is 16.4. The number of amides is 1. The molecule has 1 N–H and O–H groups in total. The summed E-state index contributed by atoms with van der Waals surface area (Å²) in [7, 11) is 0. The van der Waals surface area contributed by atoms with Crippen molar-refractivity contribution in [3.05, 3.63) is 36.0 Å². The molecule has 6 heteroatoms. The number of rotatable bonds is 4. The van der Waals surface area contributed by atoms with Gasteiger partial charge in [-0.1, -0.05) is 24.9 Å². The molecule has 1 aliphatic carbocycles. The van der Waals surface area contributed by atoms with E-state index in [1.54, 1.807) is 12.1 Å². The summed E-state index contributed by atoms with van der Waals surface area (Å²) in [6, 6.07) is 5.51. The average molecular weight is 317 g/mol. The molecule has 1 heterocycles. The van der Waals surface area contributed by atoms with E-state index in [1.807, 2.05) is 13.8 Å². The summed E-state index contributed by atoms with van der Waals surface area (Å²) in [5, 5.41) is 6.86. The molecule has 122 valence electrons. The molecule has 2 aromatic rings. The Morgan fingerprint density at radius 1 is 1.30 bits per heavy atom. The number of aromatic nitrogens is 2. The van der Waals surface area contributed by atoms with E-state index in [1.165, 1.54) is 12.1 Å². The van der Waals surface area contributed by atoms with Gasteiger partial charge in [-0.3, -0.25) is 4.79 Å². The molecule has 1 fully saturated rings. The van der Waals surface area contributed by atoms with Gasteiger partial charge in [-0.05, 0) is 44.0 Å². The van der Waals surface area contributed by atoms with Crippen molar-refractivity contribution in [2.45, 2.75) is 45.6 Å². The van der Waals surface area contributed by atoms with Crippen LogP contribution in [0.2, 0.25) is 0 Å². The van der Waals surface area contributed by atoms with Crippen molar-refractivity contribution in [3.63, 3.8) is 0 Å². The van der Waals surface area contributed by atoms with Crippen LogP contribution in [-0.2, 0) is 4.79 Å². The van der Waals surface area contributed by atoms with E-state index in [4.69, 9.17) is 4.52 Å². The highest BCUT2D eigenvalue weighted by molar-refractivity contribution is 5.82. The Bertz CT molecular complexity index is 690. The molecule has 1 saturated carbocycles. The maximum Gasteiger partial charge on any atom is 0.249 e. The quantitative estimate of drug-likeness (QED) is 0.935. The van der Waals surface area contributed by atoms with Gasteiger partial charge in [0, 0.05) is 11.0 Å². The van der Waals surface area contributed by atoms with Crippen LogP contribution in [-0.4, -0.2) is 16.0 Å². The van der Waals surface area contributed by atoms with Crippen molar-refractivity contribution < 1.29 is 13.7 Å². The van der Waals surface area contributed by atoms with E-state index in [0.717, 1.165) is 25.7 Å². The first-order valence-corrected chi connectivity index (χ1v) is 7.88. The maximum atomic E-state index is 13.0. The van der Waals surface area contributed by atoms with Gasteiger partial charge in [0.15, 0.2) is 0 Å². The molecule has 1 aliphatic rings. The summed E-state index contributed by atoms with van der Waals surface area (Å²) in [6.07, 6.45) is 4.01. The maximum absolute atomic E-state index is 13.0. The highest BCUT2D eigenvalue weighted by Crippen LogP contribution is 2.38. The third kappa shape index (κ3) is 3.25. The molecule has 0 radical (unpaired) electrons. The number of carbonyl (C=O) groups excluding carboxylic acids is 1. The number of halogens is 1. The summed E-state index contributed by atoms with van der Waals surface area (Å²) in [5.41, 5.74) is 0.372. The van der Waals surface area contributed by atoms with Crippen molar-refractivity contribution in [2.75, 3.05) is 0 Å². The zero-order valence-electron chi connectivity index (χ0n) is 13.3. The smallest absolute Gasteiger partial charge is 0.249 e. The zero-order valence-corrected chi connectivity index (χ0v) is 13.3. The molecule has 1 aromatic carbocycles. The number of hydrogen-bond acceptors (Lipinski definition) is 4. The van der Waals surface area contributed by atoms with Crippen LogP contribution in [0.25, 0.3) is 11.4 Å². The van der Waals surface area contributed by atoms with Crippen LogP contribution in [0, 0.1) is 11.2 Å². The molecule has 3 rings (SSSR count). The standard InChI is InChI=1S/C17H20FN3O2/c1-11(19-16(22)17(2)9-3-4-10-17)15-20-14(21-23-15)12-5-7-13(18)8-6-12/h5-8,11H,3-4,9-10H2,1-2H3,(H,19,22)/t11-/m1/s1. The SMILES string of the molecule is C[C@@H](NC(=O)C1(C)CCCC1)c1nc(-c2ccc(F)cc2)no1. The second kappa shape index (κ2) is 6.10. The molecule has 1 amide bonds. The fraction of sp³-hybridized carbons (Fsp3) is 0.471. The molecule has 5 nitrogen and oxygen atoms in total. The van der Waals surface area contributed by atoms with Crippen LogP contribution in [0.15, 0.2) is 28.8 Å². The van der Waals surface area contributed by atoms with E-state index in [9.17, 15) is 9.18 Å². The number of nitrogens with zero attached hydrogens (tertiary/aromatic N) is 2. The van der Waals surface area contributed by atoms with Crippen LogP contribution in [0.3, 0.4) is 0 Å². The Kier molecular flexibility index (Phi) is 4.15. The molecule has 0 aliphatic heterocycles. The Balaban J connectivity index is 1.70. The minimum absolute atomic E-state index is 0.0315. The van der Waals surface area contributed by atoms with Crippen LogP contribution < -0.4 is 5.32 Å². The second-order valence-corrected chi connectivity index (χ2v) is 6.43. The fourth-order valence-corrected chi connectivity index (χ4v) is 2.94. The van der Waals surface area contributed by atoms with Gasteiger partial charge < -0.3 is 9.84 Å². The van der Waals surface area contributed by atoms with Gasteiger partial charge in [0.25, 0.3) is 0 Å². The summed E-state index contributed by atoms with van der Waals surface area (Å²) in [4.78, 5) is 16.7. The monoisotopic (exact) mass is 317 g/mol. The third-order valence-electron chi connectivity index (χ3n) is 4.52. The Hall–Kier alpha value is -2.24. The topological polar surface area (TPSA) is 68.0 Å². The molecule has 1 aromatic heterocycles. The summed E-state index contributed by atoms with van der Waals surface area (Å²) in [6.45, 7) is 3.82. The predicted molar refractivity (Wildman–Crippen MR) is 82.8 cm³/mol. The lowest BCUT2D eigenvalue weighted by Gasteiger charge is -2.23. The van der Waals surface area contributed by atoms with Crippen molar-refractivity contribution in [2.24, 2.45) is 5.41 Å². The van der Waals surface area contributed by atoms with E-state index >= 15 is 0 Å². The van der Waals surface area contributed by atoms with Gasteiger partial charge in [0.1, 0.15) is 11.9 Å². The number of nitrogens with one attached hydrogen (secondary N) is 1. The fourth-order valence-electron chi connectivity index (χ4n) is 2.94. The highest BCUT2D eigenvalue weighted by atomic mass is 19.1. The van der Waals surface area contributed by atoms with E-state index < -0.39 is 0 Å². The van der Waals surface area contributed by atoms with Crippen molar-refractivity contribution in [3.8, 4) is 11.4 Å². The van der Waals surface area contributed by atoms with Crippen LogP contribution in [0.1, 0.15) is 51.5 Å². The molecule has 23 heavy (non-hydrogen) atoms. The highest BCUT2D eigenvalue weighted by Gasteiger charge is 2.37. The average Bonchev–Trinajstić information content (AvgIpc) is 3.18. The van der Waals surface area contributed by atoms with Crippen molar-refractivity contribution >= 4 is 5.91 Å². The van der Waals surface area contributed by atoms with E-state index in [-0.39, 0.29) is 23.2 Å². The third-order valence-corrected chi connectivity index (χ3v) is 4.52. The van der Waals surface area contributed by atoms with E-state index in [2.05, 4.69) is 15.5 Å².